The van der Waals surface area contributed by atoms with Gasteiger partial charge in [-0.1, -0.05) is 25.5 Å². The van der Waals surface area contributed by atoms with Crippen LogP contribution in [0.4, 0.5) is 0 Å². The second-order valence-electron chi connectivity index (χ2n) is 11.4. The molecule has 0 aromatic heterocycles. The average Bonchev–Trinajstić information content (AvgIpc) is 3.11. The largest absolute Gasteiger partial charge is 0.462 e. The summed E-state index contributed by atoms with van der Waals surface area (Å²) < 4.78 is 7.28. The molecule has 1 saturated heterocycles. The number of esters is 1. The molecule has 7 atom stereocenters. The molecular formula is C27H40O2S2. The summed E-state index contributed by atoms with van der Waals surface area (Å²) in [5.74, 6) is 5.87. The van der Waals surface area contributed by atoms with Crippen LogP contribution in [-0.2, 0) is 9.53 Å². The Kier molecular flexibility index (Phi) is 6.12. The predicted molar refractivity (Wildman–Crippen MR) is 133 cm³/mol. The van der Waals surface area contributed by atoms with Crippen molar-refractivity contribution in [1.29, 1.82) is 0 Å². The summed E-state index contributed by atoms with van der Waals surface area (Å²) in [4.78, 5) is 11.5. The number of hydrogen-bond acceptors (Lipinski definition) is 4. The fraction of sp³-hybridized carbons (Fsp3) is 0.815. The van der Waals surface area contributed by atoms with Gasteiger partial charge in [0, 0.05) is 17.6 Å². The molecule has 5 aliphatic rings. The number of ether oxygens (including phenoxy) is 1. The first-order valence-corrected chi connectivity index (χ1v) is 14.6. The van der Waals surface area contributed by atoms with Gasteiger partial charge in [-0.2, -0.15) is 0 Å². The van der Waals surface area contributed by atoms with Crippen molar-refractivity contribution in [1.82, 2.24) is 0 Å². The van der Waals surface area contributed by atoms with Gasteiger partial charge in [-0.3, -0.25) is 4.79 Å². The topological polar surface area (TPSA) is 26.3 Å². The van der Waals surface area contributed by atoms with Crippen molar-refractivity contribution in [2.24, 2.45) is 34.5 Å². The first-order valence-electron chi connectivity index (χ1n) is 12.7. The van der Waals surface area contributed by atoms with Crippen LogP contribution in [0.5, 0.6) is 0 Å². The lowest BCUT2D eigenvalue weighted by atomic mass is 9.47. The Balaban J connectivity index is 1.38. The predicted octanol–water partition coefficient (Wildman–Crippen LogP) is 7.60. The number of thioether (sulfide) groups is 2. The molecule has 0 N–H and O–H groups in total. The molecule has 0 radical (unpaired) electrons. The molecule has 5 rings (SSSR count). The molecule has 0 aromatic carbocycles. The van der Waals surface area contributed by atoms with E-state index >= 15 is 0 Å². The average molecular weight is 461 g/mol. The van der Waals surface area contributed by atoms with Crippen molar-refractivity contribution in [2.75, 3.05) is 11.5 Å². The van der Waals surface area contributed by atoms with Crippen LogP contribution in [0, 0.1) is 34.5 Å². The zero-order valence-electron chi connectivity index (χ0n) is 19.9. The highest BCUT2D eigenvalue weighted by atomic mass is 32.2. The molecular weight excluding hydrogens is 420 g/mol. The van der Waals surface area contributed by atoms with Gasteiger partial charge in [0.05, 0.1) is 0 Å². The Hall–Kier alpha value is -0.350. The summed E-state index contributed by atoms with van der Waals surface area (Å²) in [7, 11) is 0. The van der Waals surface area contributed by atoms with E-state index in [1.807, 2.05) is 0 Å². The molecule has 0 aromatic rings. The maximum absolute atomic E-state index is 11.5. The van der Waals surface area contributed by atoms with Gasteiger partial charge in [-0.15, -0.1) is 23.5 Å². The monoisotopic (exact) mass is 460 g/mol. The minimum atomic E-state index is -0.118. The van der Waals surface area contributed by atoms with Gasteiger partial charge in [-0.25, -0.2) is 0 Å². The molecule has 4 aliphatic carbocycles. The summed E-state index contributed by atoms with van der Waals surface area (Å²) in [6.07, 6.45) is 14.2. The van der Waals surface area contributed by atoms with Crippen molar-refractivity contribution in [3.8, 4) is 0 Å². The van der Waals surface area contributed by atoms with Crippen molar-refractivity contribution >= 4 is 29.5 Å². The van der Waals surface area contributed by atoms with E-state index < -0.39 is 0 Å². The first kappa shape index (κ1) is 22.4. The second kappa shape index (κ2) is 8.46. The van der Waals surface area contributed by atoms with Gasteiger partial charge >= 0.3 is 5.97 Å². The SMILES string of the molecule is CC(=O)O[C@H]1CC[C@@]2(C)C(=CC[C@H]3[C@@H]4CC[C@H](C(C)=C5SCCCS5)[C@@]4(C)CC[C@@H]32)C1. The van der Waals surface area contributed by atoms with E-state index in [2.05, 4.69) is 50.4 Å². The molecule has 172 valence electrons. The van der Waals surface area contributed by atoms with Gasteiger partial charge < -0.3 is 4.74 Å². The van der Waals surface area contributed by atoms with Crippen molar-refractivity contribution < 1.29 is 9.53 Å². The van der Waals surface area contributed by atoms with Crippen LogP contribution in [0.1, 0.15) is 85.5 Å². The van der Waals surface area contributed by atoms with Gasteiger partial charge in [0.25, 0.3) is 0 Å². The summed E-state index contributed by atoms with van der Waals surface area (Å²) in [5.41, 5.74) is 4.17. The number of fused-ring (bicyclic) bond motifs is 5. The summed E-state index contributed by atoms with van der Waals surface area (Å²) in [6.45, 7) is 9.24. The van der Waals surface area contributed by atoms with Crippen LogP contribution in [0.15, 0.2) is 21.5 Å². The molecule has 2 nitrogen and oxygen atoms in total. The van der Waals surface area contributed by atoms with Crippen LogP contribution in [0.25, 0.3) is 0 Å². The Morgan fingerprint density at radius 3 is 2.55 bits per heavy atom. The summed E-state index contributed by atoms with van der Waals surface area (Å²) in [5, 5.41) is 0. The van der Waals surface area contributed by atoms with E-state index in [-0.39, 0.29) is 12.1 Å². The molecule has 4 fully saturated rings. The molecule has 0 amide bonds. The van der Waals surface area contributed by atoms with Crippen LogP contribution in [-0.4, -0.2) is 23.6 Å². The molecule has 1 heterocycles. The van der Waals surface area contributed by atoms with E-state index in [0.717, 1.165) is 36.5 Å². The molecule has 0 unspecified atom stereocenters. The van der Waals surface area contributed by atoms with Gasteiger partial charge in [0.2, 0.25) is 0 Å². The molecule has 31 heavy (non-hydrogen) atoms. The quantitative estimate of drug-likeness (QED) is 0.313. The lowest BCUT2D eigenvalue weighted by Crippen LogP contribution is -2.50. The molecule has 1 aliphatic heterocycles. The number of carbonyl (C=O) groups excluding carboxylic acids is 1. The summed E-state index contributed by atoms with van der Waals surface area (Å²) in [6, 6.07) is 0. The number of rotatable bonds is 2. The van der Waals surface area contributed by atoms with E-state index in [9.17, 15) is 4.79 Å². The fourth-order valence-corrected chi connectivity index (χ4v) is 11.2. The van der Waals surface area contributed by atoms with E-state index in [0.29, 0.717) is 10.8 Å². The van der Waals surface area contributed by atoms with Crippen molar-refractivity contribution in [3.63, 3.8) is 0 Å². The standard InChI is InChI=1S/C27H40O2S2/c1-17(25-30-14-5-15-31-25)22-8-9-23-21-7-6-19-16-20(29-18(2)28)10-12-26(19,3)24(21)11-13-27(22,23)4/h6,20-24H,5,7-16H2,1-4H3/t20-,21-,22+,23-,24-,26-,27+/m0/s1. The highest BCUT2D eigenvalue weighted by molar-refractivity contribution is 8.22. The highest BCUT2D eigenvalue weighted by Crippen LogP contribution is 2.67. The van der Waals surface area contributed by atoms with Crippen LogP contribution >= 0.6 is 23.5 Å². The lowest BCUT2D eigenvalue weighted by Gasteiger charge is -2.58. The Labute approximate surface area is 197 Å². The normalized spacial score (nSPS) is 44.6. The zero-order valence-corrected chi connectivity index (χ0v) is 21.5. The molecule has 0 spiro atoms. The van der Waals surface area contributed by atoms with Gasteiger partial charge in [-0.05, 0) is 110 Å². The van der Waals surface area contributed by atoms with Gasteiger partial charge in [0.1, 0.15) is 6.10 Å². The number of hydrogen-bond donors (Lipinski definition) is 0. The van der Waals surface area contributed by atoms with Crippen LogP contribution in [0.2, 0.25) is 0 Å². The Morgan fingerprint density at radius 2 is 1.81 bits per heavy atom. The van der Waals surface area contributed by atoms with E-state index in [1.54, 1.807) is 22.3 Å². The third kappa shape index (κ3) is 3.76. The minimum absolute atomic E-state index is 0.109. The Morgan fingerprint density at radius 1 is 1.03 bits per heavy atom. The lowest BCUT2D eigenvalue weighted by molar-refractivity contribution is -0.148. The van der Waals surface area contributed by atoms with E-state index in [4.69, 9.17) is 4.74 Å². The summed E-state index contributed by atoms with van der Waals surface area (Å²) >= 11 is 4.27. The number of allylic oxidation sites excluding steroid dienone is 2. The molecule has 4 heteroatoms. The minimum Gasteiger partial charge on any atom is -0.462 e. The Bertz CT molecular complexity index is 793. The third-order valence-corrected chi connectivity index (χ3v) is 12.9. The van der Waals surface area contributed by atoms with Crippen LogP contribution < -0.4 is 0 Å². The van der Waals surface area contributed by atoms with Gasteiger partial charge in [0.15, 0.2) is 0 Å². The van der Waals surface area contributed by atoms with Crippen LogP contribution in [0.3, 0.4) is 0 Å². The highest BCUT2D eigenvalue weighted by Gasteiger charge is 2.59. The first-order chi connectivity index (χ1) is 14.8. The van der Waals surface area contributed by atoms with Crippen molar-refractivity contribution in [2.45, 2.75) is 91.6 Å². The molecule has 3 saturated carbocycles. The third-order valence-electron chi connectivity index (χ3n) is 9.99. The van der Waals surface area contributed by atoms with E-state index in [1.165, 1.54) is 56.5 Å². The molecule has 0 bridgehead atoms. The zero-order chi connectivity index (χ0) is 21.8. The number of carbonyl (C=O) groups is 1. The second-order valence-corrected chi connectivity index (χ2v) is 13.9. The maximum atomic E-state index is 11.5. The fourth-order valence-electron chi connectivity index (χ4n) is 8.47. The maximum Gasteiger partial charge on any atom is 0.302 e. The smallest absolute Gasteiger partial charge is 0.302 e. The van der Waals surface area contributed by atoms with Crippen molar-refractivity contribution in [3.05, 3.63) is 21.5 Å².